The average molecular weight is 417 g/mol. The molecular weight excluding hydrogens is 401 g/mol. The molecule has 0 saturated carbocycles. The van der Waals surface area contributed by atoms with E-state index in [0.29, 0.717) is 4.47 Å². The van der Waals surface area contributed by atoms with E-state index in [9.17, 15) is 4.39 Å². The van der Waals surface area contributed by atoms with Crippen molar-refractivity contribution in [1.29, 1.82) is 0 Å². The van der Waals surface area contributed by atoms with E-state index in [4.69, 9.17) is 4.74 Å². The van der Waals surface area contributed by atoms with Gasteiger partial charge in [0.05, 0.1) is 11.6 Å². The van der Waals surface area contributed by atoms with Crippen molar-refractivity contribution in [3.8, 4) is 5.75 Å². The zero-order valence-electron chi connectivity index (χ0n) is 11.8. The SMILES string of the molecule is CNC(Cc1ccc(F)c(Br)c1)c1cc(OC)ccc1Br. The van der Waals surface area contributed by atoms with Gasteiger partial charge < -0.3 is 10.1 Å². The Kier molecular flexibility index (Phi) is 5.79. The van der Waals surface area contributed by atoms with Gasteiger partial charge in [0, 0.05) is 10.5 Å². The number of nitrogens with one attached hydrogen (secondary N) is 1. The highest BCUT2D eigenvalue weighted by molar-refractivity contribution is 9.10. The van der Waals surface area contributed by atoms with E-state index in [1.54, 1.807) is 13.2 Å². The highest BCUT2D eigenvalue weighted by Gasteiger charge is 2.15. The van der Waals surface area contributed by atoms with Crippen LogP contribution in [0.5, 0.6) is 5.75 Å². The van der Waals surface area contributed by atoms with Crippen LogP contribution in [0.15, 0.2) is 45.3 Å². The van der Waals surface area contributed by atoms with Gasteiger partial charge in [0.15, 0.2) is 0 Å². The van der Waals surface area contributed by atoms with Crippen LogP contribution in [0.3, 0.4) is 0 Å². The second-order valence-corrected chi connectivity index (χ2v) is 6.39. The molecule has 0 fully saturated rings. The zero-order chi connectivity index (χ0) is 15.4. The summed E-state index contributed by atoms with van der Waals surface area (Å²) in [6.07, 6.45) is 0.751. The third-order valence-corrected chi connectivity index (χ3v) is 4.68. The zero-order valence-corrected chi connectivity index (χ0v) is 15.0. The summed E-state index contributed by atoms with van der Waals surface area (Å²) in [6.45, 7) is 0. The normalized spacial score (nSPS) is 12.2. The Morgan fingerprint density at radius 1 is 1.14 bits per heavy atom. The Morgan fingerprint density at radius 2 is 1.90 bits per heavy atom. The monoisotopic (exact) mass is 415 g/mol. The third-order valence-electron chi connectivity index (χ3n) is 3.35. The molecule has 5 heteroatoms. The molecule has 0 aliphatic carbocycles. The number of ether oxygens (including phenoxy) is 1. The third kappa shape index (κ3) is 4.05. The molecule has 1 atom stereocenters. The van der Waals surface area contributed by atoms with E-state index in [2.05, 4.69) is 37.2 Å². The van der Waals surface area contributed by atoms with Crippen LogP contribution in [0.4, 0.5) is 4.39 Å². The molecule has 1 unspecified atom stereocenters. The Labute approximate surface area is 141 Å². The standard InChI is InChI=1S/C16H16Br2FNO/c1-20-16(8-10-3-6-15(19)14(18)7-10)12-9-11(21-2)4-5-13(12)17/h3-7,9,16,20H,8H2,1-2H3. The maximum Gasteiger partial charge on any atom is 0.137 e. The molecule has 2 aromatic carbocycles. The Morgan fingerprint density at radius 3 is 2.52 bits per heavy atom. The van der Waals surface area contributed by atoms with Gasteiger partial charge in [0.2, 0.25) is 0 Å². The van der Waals surface area contributed by atoms with E-state index in [-0.39, 0.29) is 11.9 Å². The Bertz CT molecular complexity index is 634. The van der Waals surface area contributed by atoms with Gasteiger partial charge >= 0.3 is 0 Å². The lowest BCUT2D eigenvalue weighted by Crippen LogP contribution is -2.19. The first kappa shape index (κ1) is 16.5. The maximum atomic E-state index is 13.3. The molecule has 0 radical (unpaired) electrons. The van der Waals surface area contributed by atoms with Crippen molar-refractivity contribution in [3.05, 3.63) is 62.3 Å². The summed E-state index contributed by atoms with van der Waals surface area (Å²) in [5, 5.41) is 3.30. The molecule has 21 heavy (non-hydrogen) atoms. The Hall–Kier alpha value is -0.910. The molecule has 0 saturated heterocycles. The van der Waals surface area contributed by atoms with Crippen LogP contribution in [0.25, 0.3) is 0 Å². The molecule has 0 amide bonds. The topological polar surface area (TPSA) is 21.3 Å². The first-order valence-corrected chi connectivity index (χ1v) is 8.08. The second-order valence-electron chi connectivity index (χ2n) is 4.68. The number of hydrogen-bond acceptors (Lipinski definition) is 2. The summed E-state index contributed by atoms with van der Waals surface area (Å²) < 4.78 is 20.1. The first-order valence-electron chi connectivity index (χ1n) is 6.49. The fourth-order valence-corrected chi connectivity index (χ4v) is 3.13. The number of hydrogen-bond donors (Lipinski definition) is 1. The van der Waals surface area contributed by atoms with Crippen LogP contribution < -0.4 is 10.1 Å². The molecule has 0 bridgehead atoms. The van der Waals surface area contributed by atoms with E-state index in [1.807, 2.05) is 31.3 Å². The molecule has 1 N–H and O–H groups in total. The summed E-state index contributed by atoms with van der Waals surface area (Å²) in [5.74, 6) is 0.566. The van der Waals surface area contributed by atoms with Crippen molar-refractivity contribution in [1.82, 2.24) is 5.32 Å². The van der Waals surface area contributed by atoms with Gasteiger partial charge in [-0.25, -0.2) is 4.39 Å². The average Bonchev–Trinajstić information content (AvgIpc) is 2.49. The summed E-state index contributed by atoms with van der Waals surface area (Å²) >= 11 is 6.80. The van der Waals surface area contributed by atoms with Crippen molar-refractivity contribution >= 4 is 31.9 Å². The summed E-state index contributed by atoms with van der Waals surface area (Å²) in [4.78, 5) is 0. The quantitative estimate of drug-likeness (QED) is 0.751. The highest BCUT2D eigenvalue weighted by atomic mass is 79.9. The number of benzene rings is 2. The van der Waals surface area contributed by atoms with E-state index in [1.165, 1.54) is 6.07 Å². The summed E-state index contributed by atoms with van der Waals surface area (Å²) in [7, 11) is 3.56. The highest BCUT2D eigenvalue weighted by Crippen LogP contribution is 2.30. The van der Waals surface area contributed by atoms with E-state index in [0.717, 1.165) is 27.8 Å². The number of methoxy groups -OCH3 is 1. The smallest absolute Gasteiger partial charge is 0.137 e. The van der Waals surface area contributed by atoms with Gasteiger partial charge in [0.1, 0.15) is 11.6 Å². The lowest BCUT2D eigenvalue weighted by atomic mass is 9.99. The van der Waals surface area contributed by atoms with Crippen LogP contribution in [-0.4, -0.2) is 14.2 Å². The molecule has 0 aliphatic heterocycles. The molecule has 2 aromatic rings. The summed E-state index contributed by atoms with van der Waals surface area (Å²) in [5.41, 5.74) is 2.16. The molecule has 0 aromatic heterocycles. The van der Waals surface area contributed by atoms with Crippen LogP contribution >= 0.6 is 31.9 Å². The maximum absolute atomic E-state index is 13.3. The predicted molar refractivity (Wildman–Crippen MR) is 90.3 cm³/mol. The minimum absolute atomic E-state index is 0.104. The van der Waals surface area contributed by atoms with Crippen LogP contribution in [-0.2, 0) is 6.42 Å². The number of likely N-dealkylation sites (N-methyl/N-ethyl adjacent to an activating group) is 1. The molecule has 2 nitrogen and oxygen atoms in total. The fourth-order valence-electron chi connectivity index (χ4n) is 2.19. The van der Waals surface area contributed by atoms with Gasteiger partial charge in [-0.05, 0) is 70.9 Å². The molecule has 112 valence electrons. The van der Waals surface area contributed by atoms with Crippen LogP contribution in [0.2, 0.25) is 0 Å². The van der Waals surface area contributed by atoms with Crippen molar-refractivity contribution < 1.29 is 9.13 Å². The number of halogens is 3. The molecule has 2 rings (SSSR count). The molecule has 0 aliphatic rings. The minimum atomic E-state index is -0.248. The molecule has 0 spiro atoms. The van der Waals surface area contributed by atoms with Crippen molar-refractivity contribution in [2.75, 3.05) is 14.2 Å². The van der Waals surface area contributed by atoms with Crippen molar-refractivity contribution in [3.63, 3.8) is 0 Å². The van der Waals surface area contributed by atoms with Crippen molar-refractivity contribution in [2.24, 2.45) is 0 Å². The number of rotatable bonds is 5. The van der Waals surface area contributed by atoms with Crippen LogP contribution in [0.1, 0.15) is 17.2 Å². The lowest BCUT2D eigenvalue weighted by Gasteiger charge is -2.19. The van der Waals surface area contributed by atoms with Gasteiger partial charge in [-0.15, -0.1) is 0 Å². The lowest BCUT2D eigenvalue weighted by molar-refractivity contribution is 0.413. The van der Waals surface area contributed by atoms with E-state index >= 15 is 0 Å². The predicted octanol–water partition coefficient (Wildman–Crippen LogP) is 4.86. The van der Waals surface area contributed by atoms with E-state index < -0.39 is 0 Å². The van der Waals surface area contributed by atoms with Crippen LogP contribution in [0, 0.1) is 5.82 Å². The van der Waals surface area contributed by atoms with Gasteiger partial charge in [-0.1, -0.05) is 22.0 Å². The largest absolute Gasteiger partial charge is 0.497 e. The van der Waals surface area contributed by atoms with Crippen molar-refractivity contribution in [2.45, 2.75) is 12.5 Å². The molecular formula is C16H16Br2FNO. The first-order chi connectivity index (χ1) is 10.0. The molecule has 0 heterocycles. The van der Waals surface area contributed by atoms with Gasteiger partial charge in [0.25, 0.3) is 0 Å². The van der Waals surface area contributed by atoms with Gasteiger partial charge in [-0.3, -0.25) is 0 Å². The fraction of sp³-hybridized carbons (Fsp3) is 0.250. The minimum Gasteiger partial charge on any atom is -0.497 e. The summed E-state index contributed by atoms with van der Waals surface area (Å²) in [6, 6.07) is 11.1. The van der Waals surface area contributed by atoms with Gasteiger partial charge in [-0.2, -0.15) is 0 Å². The Balaban J connectivity index is 2.29. The second kappa shape index (κ2) is 7.38.